The molecule has 0 saturated carbocycles. The lowest BCUT2D eigenvalue weighted by Gasteiger charge is -2.27. The second-order valence-corrected chi connectivity index (χ2v) is 6.38. The van der Waals surface area contributed by atoms with Crippen LogP contribution in [0, 0.1) is 0 Å². The van der Waals surface area contributed by atoms with Crippen molar-refractivity contribution >= 4 is 22.6 Å². The average Bonchev–Trinajstić information content (AvgIpc) is 3.01. The summed E-state index contributed by atoms with van der Waals surface area (Å²) in [7, 11) is 0. The van der Waals surface area contributed by atoms with E-state index < -0.39 is 11.3 Å². The highest BCUT2D eigenvalue weighted by Crippen LogP contribution is 2.40. The highest BCUT2D eigenvalue weighted by molar-refractivity contribution is 7.82. The van der Waals surface area contributed by atoms with E-state index in [-0.39, 0.29) is 6.17 Å². The number of hydroxylamine groups is 1. The lowest BCUT2D eigenvalue weighted by molar-refractivity contribution is 0.309. The van der Waals surface area contributed by atoms with Gasteiger partial charge in [0.2, 0.25) is 0 Å². The highest BCUT2D eigenvalue weighted by Gasteiger charge is 2.41. The van der Waals surface area contributed by atoms with Gasteiger partial charge in [0.05, 0.1) is 11.4 Å². The zero-order chi connectivity index (χ0) is 16.4. The van der Waals surface area contributed by atoms with E-state index in [1.54, 1.807) is 9.37 Å². The molecule has 3 aromatic rings. The smallest absolute Gasteiger partial charge is 0.239 e. The minimum absolute atomic E-state index is 0.308. The molecule has 0 bridgehead atoms. The Hall–Kier alpha value is -2.63. The van der Waals surface area contributed by atoms with Crippen molar-refractivity contribution in [3.8, 4) is 0 Å². The maximum Gasteiger partial charge on any atom is 0.289 e. The number of para-hydroxylation sites is 2. The van der Waals surface area contributed by atoms with Gasteiger partial charge in [-0.2, -0.15) is 0 Å². The summed E-state index contributed by atoms with van der Waals surface area (Å²) >= 11 is -1.61. The van der Waals surface area contributed by atoms with Gasteiger partial charge in [0.15, 0.2) is 6.17 Å². The van der Waals surface area contributed by atoms with Gasteiger partial charge in [-0.1, -0.05) is 66.7 Å². The van der Waals surface area contributed by atoms with Crippen LogP contribution >= 0.6 is 0 Å². The Morgan fingerprint density at radius 3 is 1.79 bits per heavy atom. The van der Waals surface area contributed by atoms with Crippen molar-refractivity contribution in [3.05, 3.63) is 96.6 Å². The van der Waals surface area contributed by atoms with Crippen LogP contribution in [0.25, 0.3) is 0 Å². The lowest BCUT2D eigenvalue weighted by Crippen LogP contribution is -2.30. The van der Waals surface area contributed by atoms with Crippen LogP contribution in [0.5, 0.6) is 0 Å². The molecule has 1 saturated heterocycles. The van der Waals surface area contributed by atoms with Gasteiger partial charge in [-0.3, -0.25) is 0 Å². The van der Waals surface area contributed by atoms with E-state index in [1.807, 2.05) is 91.0 Å². The molecule has 1 heterocycles. The summed E-state index contributed by atoms with van der Waals surface area (Å²) in [6.45, 7) is 0. The molecule has 0 spiro atoms. The van der Waals surface area contributed by atoms with E-state index >= 15 is 0 Å². The molecule has 0 amide bonds. The first-order chi connectivity index (χ1) is 11.8. The minimum Gasteiger partial charge on any atom is -0.239 e. The Morgan fingerprint density at radius 2 is 1.21 bits per heavy atom. The quantitative estimate of drug-likeness (QED) is 0.718. The minimum atomic E-state index is -1.61. The fourth-order valence-electron chi connectivity index (χ4n) is 2.78. The molecule has 1 aliphatic rings. The van der Waals surface area contributed by atoms with Crippen LogP contribution in [0.2, 0.25) is 0 Å². The van der Waals surface area contributed by atoms with Crippen molar-refractivity contribution in [1.29, 1.82) is 0 Å². The summed E-state index contributed by atoms with van der Waals surface area (Å²) in [4.78, 5) is 0. The van der Waals surface area contributed by atoms with E-state index in [0.29, 0.717) is 0 Å². The molecule has 0 aliphatic carbocycles. The lowest BCUT2D eigenvalue weighted by atomic mass is 10.1. The van der Waals surface area contributed by atoms with Gasteiger partial charge >= 0.3 is 0 Å². The Morgan fingerprint density at radius 1 is 0.708 bits per heavy atom. The predicted molar refractivity (Wildman–Crippen MR) is 96.3 cm³/mol. The molecule has 0 N–H and O–H groups in total. The Balaban J connectivity index is 1.83. The van der Waals surface area contributed by atoms with Crippen molar-refractivity contribution in [1.82, 2.24) is 0 Å². The van der Waals surface area contributed by atoms with E-state index in [4.69, 9.17) is 4.28 Å². The summed E-state index contributed by atoms with van der Waals surface area (Å²) in [5.74, 6) is 0. The van der Waals surface area contributed by atoms with Crippen molar-refractivity contribution in [2.45, 2.75) is 6.17 Å². The van der Waals surface area contributed by atoms with Crippen LogP contribution < -0.4 is 9.37 Å². The van der Waals surface area contributed by atoms with Crippen LogP contribution in [0.15, 0.2) is 91.0 Å². The molecule has 0 aromatic heterocycles. The molecule has 24 heavy (non-hydrogen) atoms. The maximum absolute atomic E-state index is 12.7. The first kappa shape index (κ1) is 14.9. The van der Waals surface area contributed by atoms with E-state index in [9.17, 15) is 4.21 Å². The third-order valence-electron chi connectivity index (χ3n) is 3.87. The van der Waals surface area contributed by atoms with Gasteiger partial charge in [-0.25, -0.2) is 13.6 Å². The van der Waals surface area contributed by atoms with Crippen LogP contribution in [0.1, 0.15) is 11.7 Å². The molecule has 4 rings (SSSR count). The molecule has 4 nitrogen and oxygen atoms in total. The largest absolute Gasteiger partial charge is 0.289 e. The summed E-state index contributed by atoms with van der Waals surface area (Å²) in [5.41, 5.74) is 2.72. The first-order valence-electron chi connectivity index (χ1n) is 7.68. The highest BCUT2D eigenvalue weighted by atomic mass is 32.2. The molecule has 3 aromatic carbocycles. The summed E-state index contributed by atoms with van der Waals surface area (Å²) in [5, 5.41) is 1.71. The Bertz CT molecular complexity index is 828. The van der Waals surface area contributed by atoms with Crippen LogP contribution in [-0.4, -0.2) is 4.21 Å². The maximum atomic E-state index is 12.7. The van der Waals surface area contributed by atoms with E-state index in [1.165, 1.54) is 0 Å². The number of benzene rings is 3. The molecule has 120 valence electrons. The van der Waals surface area contributed by atoms with Crippen LogP contribution in [0.4, 0.5) is 11.4 Å². The van der Waals surface area contributed by atoms with Crippen molar-refractivity contribution in [3.63, 3.8) is 0 Å². The van der Waals surface area contributed by atoms with Crippen molar-refractivity contribution in [2.75, 3.05) is 9.37 Å². The zero-order valence-corrected chi connectivity index (χ0v) is 13.7. The van der Waals surface area contributed by atoms with Crippen LogP contribution in [-0.2, 0) is 15.6 Å². The molecular formula is C19H16N2O2S. The number of hydrogen-bond acceptors (Lipinski definition) is 3. The molecular weight excluding hydrogens is 320 g/mol. The zero-order valence-electron chi connectivity index (χ0n) is 12.9. The second-order valence-electron chi connectivity index (χ2n) is 5.40. The molecule has 1 aliphatic heterocycles. The molecule has 1 fully saturated rings. The van der Waals surface area contributed by atoms with Gasteiger partial charge in [0, 0.05) is 0 Å². The fraction of sp³-hybridized carbons (Fsp3) is 0.0526. The Kier molecular flexibility index (Phi) is 4.02. The normalized spacial score (nSPS) is 20.3. The predicted octanol–water partition coefficient (Wildman–Crippen LogP) is 4.22. The third-order valence-corrected chi connectivity index (χ3v) is 4.89. The number of hydrogen-bond donors (Lipinski definition) is 0. The van der Waals surface area contributed by atoms with Crippen molar-refractivity contribution < 1.29 is 8.49 Å². The topological polar surface area (TPSA) is 32.8 Å². The first-order valence-corrected chi connectivity index (χ1v) is 8.71. The average molecular weight is 336 g/mol. The number of rotatable bonds is 3. The summed E-state index contributed by atoms with van der Waals surface area (Å²) in [6.07, 6.45) is -0.308. The van der Waals surface area contributed by atoms with E-state index in [0.717, 1.165) is 16.9 Å². The molecule has 5 heteroatoms. The summed E-state index contributed by atoms with van der Waals surface area (Å²) in [6, 6.07) is 29.3. The number of nitrogens with zero attached hydrogens (tertiary/aromatic N) is 2. The molecule has 0 radical (unpaired) electrons. The standard InChI is InChI=1S/C19H16N2O2S/c22-24-21(18-14-8-3-9-15-18)19(16-10-4-1-5-11-16)20(23-24)17-12-6-2-7-13-17/h1-15,19H/t19-,24-/m0/s1. The van der Waals surface area contributed by atoms with Gasteiger partial charge < -0.3 is 0 Å². The van der Waals surface area contributed by atoms with Gasteiger partial charge in [-0.15, -0.1) is 4.28 Å². The van der Waals surface area contributed by atoms with Gasteiger partial charge in [0.25, 0.3) is 11.3 Å². The monoisotopic (exact) mass is 336 g/mol. The number of anilines is 2. The van der Waals surface area contributed by atoms with Crippen molar-refractivity contribution in [2.24, 2.45) is 0 Å². The SMILES string of the molecule is O=[S@]1ON(c2ccccc2)[C@H](c2ccccc2)N1c1ccccc1. The Labute approximate surface area is 143 Å². The van der Waals surface area contributed by atoms with Crippen LogP contribution in [0.3, 0.4) is 0 Å². The summed E-state index contributed by atoms with van der Waals surface area (Å²) < 4.78 is 20.2. The molecule has 2 atom stereocenters. The fourth-order valence-corrected chi connectivity index (χ4v) is 3.82. The van der Waals surface area contributed by atoms with E-state index in [2.05, 4.69) is 0 Å². The van der Waals surface area contributed by atoms with Gasteiger partial charge in [-0.05, 0) is 29.8 Å². The third kappa shape index (κ3) is 2.68. The second kappa shape index (κ2) is 6.47. The molecule has 0 unspecified atom stereocenters. The van der Waals surface area contributed by atoms with Gasteiger partial charge in [0.1, 0.15) is 0 Å².